The van der Waals surface area contributed by atoms with Crippen molar-refractivity contribution in [2.24, 2.45) is 5.92 Å². The first-order valence-electron chi connectivity index (χ1n) is 5.58. The Morgan fingerprint density at radius 3 is 2.47 bits per heavy atom. The molecule has 0 radical (unpaired) electrons. The lowest BCUT2D eigenvalue weighted by Gasteiger charge is -2.12. The van der Waals surface area contributed by atoms with Gasteiger partial charge < -0.3 is 0 Å². The number of nitrogens with zero attached hydrogens (tertiary/aromatic N) is 1. The van der Waals surface area contributed by atoms with Gasteiger partial charge in [-0.25, -0.2) is 4.39 Å². The number of Topliss-reactive ketones (excluding diaryl/α,β-unsaturated/α-hetero) is 1. The van der Waals surface area contributed by atoms with Gasteiger partial charge in [0.05, 0.1) is 11.6 Å². The van der Waals surface area contributed by atoms with E-state index in [1.807, 2.05) is 0 Å². The van der Waals surface area contributed by atoms with E-state index in [0.717, 1.165) is 6.07 Å². The van der Waals surface area contributed by atoms with Crippen molar-refractivity contribution in [1.29, 1.82) is 5.26 Å². The Bertz CT molecular complexity index is 516. The fourth-order valence-corrected chi connectivity index (χ4v) is 1.66. The Balaban J connectivity index is 3.17. The minimum atomic E-state index is -4.71. The summed E-state index contributed by atoms with van der Waals surface area (Å²) in [4.78, 5) is 11.9. The lowest BCUT2D eigenvalue weighted by atomic mass is 9.92. The van der Waals surface area contributed by atoms with Gasteiger partial charge in [-0.3, -0.25) is 4.79 Å². The standard InChI is InChI=1S/C13H11F4NO/c1-2-8(3-4-18)12(19)9-5-10(13(15,16)17)7-11(14)6-9/h5-8H,2-3H2,1H3. The zero-order valence-electron chi connectivity index (χ0n) is 10.1. The Kier molecular flexibility index (Phi) is 4.65. The molecule has 0 heterocycles. The van der Waals surface area contributed by atoms with E-state index < -0.39 is 29.3 Å². The Hall–Kier alpha value is -1.90. The summed E-state index contributed by atoms with van der Waals surface area (Å²) in [5.41, 5.74) is -1.56. The number of hydrogen-bond donors (Lipinski definition) is 0. The van der Waals surface area contributed by atoms with Crippen LogP contribution >= 0.6 is 0 Å². The molecule has 102 valence electrons. The van der Waals surface area contributed by atoms with Gasteiger partial charge in [-0.2, -0.15) is 18.4 Å². The summed E-state index contributed by atoms with van der Waals surface area (Å²) < 4.78 is 50.7. The van der Waals surface area contributed by atoms with Gasteiger partial charge in [-0.15, -0.1) is 0 Å². The molecule has 0 spiro atoms. The highest BCUT2D eigenvalue weighted by atomic mass is 19.4. The third-order valence-electron chi connectivity index (χ3n) is 2.71. The van der Waals surface area contributed by atoms with E-state index in [1.54, 1.807) is 13.0 Å². The number of carbonyl (C=O) groups excluding carboxylic acids is 1. The van der Waals surface area contributed by atoms with Crippen LogP contribution in [0.15, 0.2) is 18.2 Å². The summed E-state index contributed by atoms with van der Waals surface area (Å²) in [7, 11) is 0. The van der Waals surface area contributed by atoms with Crippen molar-refractivity contribution in [2.45, 2.75) is 25.9 Å². The van der Waals surface area contributed by atoms with Crippen LogP contribution < -0.4 is 0 Å². The minimum absolute atomic E-state index is 0.104. The molecule has 6 heteroatoms. The molecule has 0 bridgehead atoms. The minimum Gasteiger partial charge on any atom is -0.294 e. The smallest absolute Gasteiger partial charge is 0.294 e. The van der Waals surface area contributed by atoms with Crippen molar-refractivity contribution in [3.05, 3.63) is 35.1 Å². The number of benzene rings is 1. The molecule has 1 aromatic rings. The molecule has 0 aliphatic rings. The highest BCUT2D eigenvalue weighted by molar-refractivity contribution is 5.98. The number of alkyl halides is 3. The zero-order valence-corrected chi connectivity index (χ0v) is 10.1. The Morgan fingerprint density at radius 1 is 1.37 bits per heavy atom. The van der Waals surface area contributed by atoms with Gasteiger partial charge in [0, 0.05) is 17.9 Å². The van der Waals surface area contributed by atoms with Crippen molar-refractivity contribution in [2.75, 3.05) is 0 Å². The average Bonchev–Trinajstić information content (AvgIpc) is 2.33. The third-order valence-corrected chi connectivity index (χ3v) is 2.71. The van der Waals surface area contributed by atoms with Gasteiger partial charge in [0.25, 0.3) is 0 Å². The zero-order chi connectivity index (χ0) is 14.6. The van der Waals surface area contributed by atoms with E-state index in [9.17, 15) is 22.4 Å². The first kappa shape index (κ1) is 15.2. The van der Waals surface area contributed by atoms with E-state index in [4.69, 9.17) is 5.26 Å². The molecule has 2 nitrogen and oxygen atoms in total. The van der Waals surface area contributed by atoms with Gasteiger partial charge in [0.1, 0.15) is 5.82 Å². The second kappa shape index (κ2) is 5.83. The van der Waals surface area contributed by atoms with Crippen LogP contribution in [0.3, 0.4) is 0 Å². The van der Waals surface area contributed by atoms with E-state index in [0.29, 0.717) is 18.6 Å². The Labute approximate surface area is 107 Å². The van der Waals surface area contributed by atoms with Crippen molar-refractivity contribution in [3.8, 4) is 6.07 Å². The molecule has 0 aliphatic heterocycles. The molecular formula is C13H11F4NO. The molecule has 1 aromatic carbocycles. The molecule has 0 saturated carbocycles. The summed E-state index contributed by atoms with van der Waals surface area (Å²) in [5.74, 6) is -2.48. The fraction of sp³-hybridized carbons (Fsp3) is 0.385. The van der Waals surface area contributed by atoms with E-state index >= 15 is 0 Å². The largest absolute Gasteiger partial charge is 0.416 e. The maximum absolute atomic E-state index is 13.2. The fourth-order valence-electron chi connectivity index (χ4n) is 1.66. The maximum atomic E-state index is 13.2. The molecular weight excluding hydrogens is 262 g/mol. The molecule has 1 atom stereocenters. The highest BCUT2D eigenvalue weighted by Gasteiger charge is 2.32. The van der Waals surface area contributed by atoms with Crippen molar-refractivity contribution >= 4 is 5.78 Å². The third kappa shape index (κ3) is 3.78. The first-order valence-corrected chi connectivity index (χ1v) is 5.58. The van der Waals surface area contributed by atoms with Crippen molar-refractivity contribution in [3.63, 3.8) is 0 Å². The highest BCUT2D eigenvalue weighted by Crippen LogP contribution is 2.31. The lowest BCUT2D eigenvalue weighted by molar-refractivity contribution is -0.137. The van der Waals surface area contributed by atoms with E-state index in [-0.39, 0.29) is 12.0 Å². The number of rotatable bonds is 4. The normalized spacial score (nSPS) is 12.8. The molecule has 1 unspecified atom stereocenters. The Morgan fingerprint density at radius 2 is 2.00 bits per heavy atom. The van der Waals surface area contributed by atoms with Crippen LogP contribution in [0.5, 0.6) is 0 Å². The SMILES string of the molecule is CCC(CC#N)C(=O)c1cc(F)cc(C(F)(F)F)c1. The molecule has 0 aliphatic carbocycles. The molecule has 0 amide bonds. The molecule has 0 saturated heterocycles. The van der Waals surface area contributed by atoms with Crippen LogP contribution in [0.1, 0.15) is 35.7 Å². The van der Waals surface area contributed by atoms with Crippen molar-refractivity contribution in [1.82, 2.24) is 0 Å². The number of hydrogen-bond acceptors (Lipinski definition) is 2. The van der Waals surface area contributed by atoms with Gasteiger partial charge in [-0.05, 0) is 24.6 Å². The van der Waals surface area contributed by atoms with Gasteiger partial charge in [0.2, 0.25) is 0 Å². The monoisotopic (exact) mass is 273 g/mol. The van der Waals surface area contributed by atoms with Crippen molar-refractivity contribution < 1.29 is 22.4 Å². The first-order chi connectivity index (χ1) is 8.79. The van der Waals surface area contributed by atoms with Gasteiger partial charge in [0.15, 0.2) is 5.78 Å². The number of nitriles is 1. The molecule has 1 rings (SSSR count). The molecule has 19 heavy (non-hydrogen) atoms. The number of carbonyl (C=O) groups is 1. The average molecular weight is 273 g/mol. The summed E-state index contributed by atoms with van der Waals surface area (Å²) >= 11 is 0. The summed E-state index contributed by atoms with van der Waals surface area (Å²) in [5, 5.41) is 8.55. The number of ketones is 1. The lowest BCUT2D eigenvalue weighted by Crippen LogP contribution is -2.15. The maximum Gasteiger partial charge on any atom is 0.416 e. The molecule has 0 aromatic heterocycles. The number of halogens is 4. The quantitative estimate of drug-likeness (QED) is 0.615. The predicted molar refractivity (Wildman–Crippen MR) is 59.7 cm³/mol. The van der Waals surface area contributed by atoms with Crippen LogP contribution in [-0.2, 0) is 6.18 Å². The second-order valence-electron chi connectivity index (χ2n) is 4.06. The predicted octanol–water partition coefficient (Wildman–Crippen LogP) is 3.97. The van der Waals surface area contributed by atoms with Gasteiger partial charge in [-0.1, -0.05) is 6.92 Å². The molecule has 0 fully saturated rings. The summed E-state index contributed by atoms with van der Waals surface area (Å²) in [6.07, 6.45) is -4.51. The summed E-state index contributed by atoms with van der Waals surface area (Å²) in [6.45, 7) is 1.64. The summed E-state index contributed by atoms with van der Waals surface area (Å²) in [6, 6.07) is 3.51. The van der Waals surface area contributed by atoms with E-state index in [1.165, 1.54) is 0 Å². The van der Waals surface area contributed by atoms with Crippen LogP contribution in [-0.4, -0.2) is 5.78 Å². The van der Waals surface area contributed by atoms with Gasteiger partial charge >= 0.3 is 6.18 Å². The topological polar surface area (TPSA) is 40.9 Å². The molecule has 0 N–H and O–H groups in total. The van der Waals surface area contributed by atoms with Crippen LogP contribution in [0.25, 0.3) is 0 Å². The second-order valence-corrected chi connectivity index (χ2v) is 4.06. The van der Waals surface area contributed by atoms with Crippen LogP contribution in [0.2, 0.25) is 0 Å². The van der Waals surface area contributed by atoms with Crippen LogP contribution in [0, 0.1) is 23.1 Å². The van der Waals surface area contributed by atoms with Crippen LogP contribution in [0.4, 0.5) is 17.6 Å². The van der Waals surface area contributed by atoms with E-state index in [2.05, 4.69) is 0 Å².